The van der Waals surface area contributed by atoms with Gasteiger partial charge in [0.05, 0.1) is 34.2 Å². The first kappa shape index (κ1) is 21.4. The molecule has 6 nitrogen and oxygen atoms in total. The van der Waals surface area contributed by atoms with E-state index in [2.05, 4.69) is 17.1 Å². The lowest BCUT2D eigenvalue weighted by atomic mass is 9.87. The molecule has 3 rings (SSSR count). The lowest BCUT2D eigenvalue weighted by molar-refractivity contribution is 0.354. The van der Waals surface area contributed by atoms with Crippen molar-refractivity contribution in [2.24, 2.45) is 10.2 Å². The predicted molar refractivity (Wildman–Crippen MR) is 121 cm³/mol. The zero-order valence-corrected chi connectivity index (χ0v) is 18.4. The Labute approximate surface area is 177 Å². The SMILES string of the molecule is CCC1C(C)=NN=C(C=Cc2ccc(OC)c(OC)c2)c2cc(OC)c(OC)cc21. The van der Waals surface area contributed by atoms with E-state index in [1.54, 1.807) is 28.4 Å². The van der Waals surface area contributed by atoms with E-state index in [0.29, 0.717) is 23.0 Å². The molecule has 0 N–H and O–H groups in total. The summed E-state index contributed by atoms with van der Waals surface area (Å²) in [6.07, 6.45) is 4.86. The molecule has 0 fully saturated rings. The average molecular weight is 408 g/mol. The summed E-state index contributed by atoms with van der Waals surface area (Å²) >= 11 is 0. The van der Waals surface area contributed by atoms with Crippen LogP contribution in [0.25, 0.3) is 6.08 Å². The Morgan fingerprint density at radius 1 is 0.800 bits per heavy atom. The van der Waals surface area contributed by atoms with Crippen molar-refractivity contribution < 1.29 is 18.9 Å². The number of benzene rings is 2. The lowest BCUT2D eigenvalue weighted by Crippen LogP contribution is -2.11. The van der Waals surface area contributed by atoms with E-state index < -0.39 is 0 Å². The molecule has 0 saturated heterocycles. The third kappa shape index (κ3) is 4.17. The minimum atomic E-state index is 0.163. The maximum Gasteiger partial charge on any atom is 0.161 e. The third-order valence-corrected chi connectivity index (χ3v) is 5.28. The number of ether oxygens (including phenoxy) is 4. The van der Waals surface area contributed by atoms with Gasteiger partial charge in [-0.1, -0.05) is 19.1 Å². The van der Waals surface area contributed by atoms with E-state index in [1.165, 1.54) is 0 Å². The molecule has 2 aromatic carbocycles. The Bertz CT molecular complexity index is 1010. The molecule has 0 aliphatic carbocycles. The number of fused-ring (bicyclic) bond motifs is 1. The summed E-state index contributed by atoms with van der Waals surface area (Å²) in [5.41, 5.74) is 4.81. The summed E-state index contributed by atoms with van der Waals surface area (Å²) in [4.78, 5) is 0. The molecule has 0 aromatic heterocycles. The first-order valence-electron chi connectivity index (χ1n) is 9.84. The van der Waals surface area contributed by atoms with Gasteiger partial charge in [-0.3, -0.25) is 0 Å². The van der Waals surface area contributed by atoms with E-state index in [0.717, 1.165) is 34.5 Å². The minimum Gasteiger partial charge on any atom is -0.493 e. The van der Waals surface area contributed by atoms with Crippen molar-refractivity contribution in [3.05, 3.63) is 53.1 Å². The van der Waals surface area contributed by atoms with Crippen molar-refractivity contribution in [1.82, 2.24) is 0 Å². The van der Waals surface area contributed by atoms with E-state index in [-0.39, 0.29) is 5.92 Å². The van der Waals surface area contributed by atoms with Crippen LogP contribution in [0.2, 0.25) is 0 Å². The molecule has 1 atom stereocenters. The zero-order chi connectivity index (χ0) is 21.7. The van der Waals surface area contributed by atoms with Gasteiger partial charge in [0.15, 0.2) is 23.0 Å². The van der Waals surface area contributed by atoms with Crippen LogP contribution in [0.4, 0.5) is 0 Å². The minimum absolute atomic E-state index is 0.163. The van der Waals surface area contributed by atoms with Gasteiger partial charge in [-0.15, -0.1) is 0 Å². The molecule has 6 heteroatoms. The van der Waals surface area contributed by atoms with Crippen molar-refractivity contribution >= 4 is 17.5 Å². The molecule has 0 spiro atoms. The summed E-state index contributed by atoms with van der Waals surface area (Å²) in [6.45, 7) is 4.16. The second-order valence-corrected chi connectivity index (χ2v) is 6.93. The van der Waals surface area contributed by atoms with Gasteiger partial charge in [0, 0.05) is 17.2 Å². The second-order valence-electron chi connectivity index (χ2n) is 6.93. The van der Waals surface area contributed by atoms with E-state index in [4.69, 9.17) is 18.9 Å². The highest BCUT2D eigenvalue weighted by Crippen LogP contribution is 2.37. The maximum atomic E-state index is 5.53. The van der Waals surface area contributed by atoms with Gasteiger partial charge in [-0.25, -0.2) is 0 Å². The van der Waals surface area contributed by atoms with Crippen molar-refractivity contribution in [2.45, 2.75) is 26.2 Å². The summed E-state index contributed by atoms with van der Waals surface area (Å²) in [5.74, 6) is 2.89. The van der Waals surface area contributed by atoms with Crippen LogP contribution in [-0.4, -0.2) is 39.9 Å². The van der Waals surface area contributed by atoms with Crippen LogP contribution in [0.5, 0.6) is 23.0 Å². The molecule has 0 radical (unpaired) electrons. The zero-order valence-electron chi connectivity index (χ0n) is 18.4. The summed E-state index contributed by atoms with van der Waals surface area (Å²) in [6, 6.07) is 9.78. The fourth-order valence-corrected chi connectivity index (χ4v) is 3.66. The van der Waals surface area contributed by atoms with Crippen LogP contribution in [-0.2, 0) is 0 Å². The van der Waals surface area contributed by atoms with Crippen LogP contribution in [0.1, 0.15) is 42.9 Å². The second kappa shape index (κ2) is 9.48. The topological polar surface area (TPSA) is 61.6 Å². The molecule has 1 unspecified atom stereocenters. The van der Waals surface area contributed by atoms with Gasteiger partial charge in [-0.05, 0) is 54.8 Å². The summed E-state index contributed by atoms with van der Waals surface area (Å²) in [5, 5.41) is 9.02. The van der Waals surface area contributed by atoms with Crippen molar-refractivity contribution in [2.75, 3.05) is 28.4 Å². The monoisotopic (exact) mass is 408 g/mol. The van der Waals surface area contributed by atoms with Gasteiger partial charge in [0.1, 0.15) is 0 Å². The number of hydrogen-bond donors (Lipinski definition) is 0. The molecular formula is C24H28N2O4. The Hall–Kier alpha value is -3.28. The summed E-state index contributed by atoms with van der Waals surface area (Å²) in [7, 11) is 6.53. The maximum absolute atomic E-state index is 5.53. The molecule has 2 aromatic rings. The largest absolute Gasteiger partial charge is 0.493 e. The number of rotatable bonds is 7. The Morgan fingerprint density at radius 2 is 1.43 bits per heavy atom. The highest BCUT2D eigenvalue weighted by molar-refractivity contribution is 6.14. The van der Waals surface area contributed by atoms with Crippen molar-refractivity contribution in [3.8, 4) is 23.0 Å². The number of allylic oxidation sites excluding steroid dienone is 1. The van der Waals surface area contributed by atoms with E-state index >= 15 is 0 Å². The molecule has 0 saturated carbocycles. The van der Waals surface area contributed by atoms with Crippen LogP contribution < -0.4 is 18.9 Å². The molecule has 30 heavy (non-hydrogen) atoms. The number of methoxy groups -OCH3 is 4. The highest BCUT2D eigenvalue weighted by atomic mass is 16.5. The fourth-order valence-electron chi connectivity index (χ4n) is 3.66. The van der Waals surface area contributed by atoms with E-state index in [9.17, 15) is 0 Å². The van der Waals surface area contributed by atoms with Crippen LogP contribution in [0.15, 0.2) is 46.6 Å². The van der Waals surface area contributed by atoms with Crippen molar-refractivity contribution in [3.63, 3.8) is 0 Å². The van der Waals surface area contributed by atoms with Crippen LogP contribution >= 0.6 is 0 Å². The molecule has 0 bridgehead atoms. The van der Waals surface area contributed by atoms with E-state index in [1.807, 2.05) is 49.4 Å². The average Bonchev–Trinajstić information content (AvgIpc) is 2.91. The Kier molecular flexibility index (Phi) is 6.77. The molecular weight excluding hydrogens is 380 g/mol. The first-order chi connectivity index (χ1) is 14.6. The lowest BCUT2D eigenvalue weighted by Gasteiger charge is -2.19. The summed E-state index contributed by atoms with van der Waals surface area (Å²) < 4.78 is 21.8. The number of hydrogen-bond acceptors (Lipinski definition) is 6. The van der Waals surface area contributed by atoms with Gasteiger partial charge >= 0.3 is 0 Å². The Balaban J connectivity index is 2.08. The van der Waals surface area contributed by atoms with Crippen molar-refractivity contribution in [1.29, 1.82) is 0 Å². The smallest absolute Gasteiger partial charge is 0.161 e. The molecule has 1 aliphatic rings. The molecule has 1 aliphatic heterocycles. The third-order valence-electron chi connectivity index (χ3n) is 5.28. The fraction of sp³-hybridized carbons (Fsp3) is 0.333. The molecule has 1 heterocycles. The van der Waals surface area contributed by atoms with Gasteiger partial charge < -0.3 is 18.9 Å². The van der Waals surface area contributed by atoms with Gasteiger partial charge in [-0.2, -0.15) is 10.2 Å². The Morgan fingerprint density at radius 3 is 2.07 bits per heavy atom. The first-order valence-corrected chi connectivity index (χ1v) is 9.84. The number of nitrogens with zero attached hydrogens (tertiary/aromatic N) is 2. The van der Waals surface area contributed by atoms with Crippen LogP contribution in [0, 0.1) is 0 Å². The molecule has 158 valence electrons. The van der Waals surface area contributed by atoms with Gasteiger partial charge in [0.25, 0.3) is 0 Å². The normalized spacial score (nSPS) is 15.7. The predicted octanol–water partition coefficient (Wildman–Crippen LogP) is 5.11. The van der Waals surface area contributed by atoms with Gasteiger partial charge in [0.2, 0.25) is 0 Å². The molecule has 0 amide bonds. The standard InChI is InChI=1S/C24H28N2O4/c1-7-17-15(2)25-26-20(19-14-24(30-6)23(29-5)13-18(17)19)10-8-16-9-11-21(27-3)22(12-16)28-4/h8-14,17H,7H2,1-6H3. The highest BCUT2D eigenvalue weighted by Gasteiger charge is 2.24. The van der Waals surface area contributed by atoms with Crippen LogP contribution in [0.3, 0.4) is 0 Å². The quantitative estimate of drug-likeness (QED) is 0.639.